The van der Waals surface area contributed by atoms with Gasteiger partial charge in [-0.2, -0.15) is 0 Å². The molecule has 13 heavy (non-hydrogen) atoms. The van der Waals surface area contributed by atoms with Crippen LogP contribution in [0.1, 0.15) is 19.8 Å². The van der Waals surface area contributed by atoms with Crippen LogP contribution in [0.5, 0.6) is 0 Å². The van der Waals surface area contributed by atoms with Crippen LogP contribution < -0.4 is 5.73 Å². The lowest BCUT2D eigenvalue weighted by atomic mass is 10.2. The van der Waals surface area contributed by atoms with Gasteiger partial charge in [0.25, 0.3) is 0 Å². The minimum Gasteiger partial charge on any atom is -0.330 e. The van der Waals surface area contributed by atoms with E-state index < -0.39 is 0 Å². The molecule has 0 saturated carbocycles. The molecular formula is C10H15NO2. The normalized spacial score (nSPS) is 14.0. The number of rotatable bonds is 2. The van der Waals surface area contributed by atoms with Crippen molar-refractivity contribution in [1.82, 2.24) is 0 Å². The summed E-state index contributed by atoms with van der Waals surface area (Å²) in [7, 11) is 0. The lowest BCUT2D eigenvalue weighted by Gasteiger charge is -1.87. The number of carbonyl (C=O) groups is 2. The smallest absolute Gasteiger partial charge is 0.178 e. The van der Waals surface area contributed by atoms with Crippen LogP contribution in [-0.4, -0.2) is 18.1 Å². The molecule has 0 aliphatic heterocycles. The molecule has 3 nitrogen and oxygen atoms in total. The number of nitrogens with two attached hydrogens (primary N) is 1. The van der Waals surface area contributed by atoms with Gasteiger partial charge in [0.2, 0.25) is 0 Å². The second-order valence-electron chi connectivity index (χ2n) is 2.61. The maximum absolute atomic E-state index is 10.3. The van der Waals surface area contributed by atoms with Crippen molar-refractivity contribution in [2.45, 2.75) is 19.8 Å². The van der Waals surface area contributed by atoms with Crippen molar-refractivity contribution in [1.29, 1.82) is 0 Å². The molecule has 1 aliphatic rings. The van der Waals surface area contributed by atoms with Crippen LogP contribution in [0.2, 0.25) is 0 Å². The minimum absolute atomic E-state index is 0.121. The molecule has 0 aromatic heterocycles. The third kappa shape index (κ3) is 7.15. The first-order valence-electron chi connectivity index (χ1n) is 4.34. The summed E-state index contributed by atoms with van der Waals surface area (Å²) in [6, 6.07) is 0. The SMILES string of the molecule is CCCCN.O=C1C=CC(=O)C=C1. The zero-order valence-corrected chi connectivity index (χ0v) is 7.82. The first kappa shape index (κ1) is 11.8. The molecule has 0 bridgehead atoms. The summed E-state index contributed by atoms with van der Waals surface area (Å²) in [6.07, 6.45) is 7.39. The van der Waals surface area contributed by atoms with Gasteiger partial charge in [-0.15, -0.1) is 0 Å². The van der Waals surface area contributed by atoms with Crippen molar-refractivity contribution in [2.75, 3.05) is 6.54 Å². The summed E-state index contributed by atoms with van der Waals surface area (Å²) >= 11 is 0. The molecule has 1 aliphatic carbocycles. The van der Waals surface area contributed by atoms with E-state index >= 15 is 0 Å². The van der Waals surface area contributed by atoms with Crippen LogP contribution in [0.15, 0.2) is 24.3 Å². The Morgan fingerprint density at radius 2 is 1.46 bits per heavy atom. The number of hydrogen-bond acceptors (Lipinski definition) is 3. The lowest BCUT2D eigenvalue weighted by Crippen LogP contribution is -1.97. The molecule has 0 spiro atoms. The van der Waals surface area contributed by atoms with Gasteiger partial charge in [-0.1, -0.05) is 13.3 Å². The molecular weight excluding hydrogens is 166 g/mol. The fraction of sp³-hybridized carbons (Fsp3) is 0.400. The molecule has 1 rings (SSSR count). The summed E-state index contributed by atoms with van der Waals surface area (Å²) in [6.45, 7) is 2.98. The molecule has 0 fully saturated rings. The number of allylic oxidation sites excluding steroid dienone is 4. The number of carbonyl (C=O) groups excluding carboxylic acids is 2. The molecule has 3 heteroatoms. The highest BCUT2D eigenvalue weighted by Crippen LogP contribution is 1.90. The molecule has 0 heterocycles. The average molecular weight is 181 g/mol. The second kappa shape index (κ2) is 7.43. The van der Waals surface area contributed by atoms with Crippen molar-refractivity contribution in [3.05, 3.63) is 24.3 Å². The maximum atomic E-state index is 10.3. The number of ketones is 2. The molecule has 2 N–H and O–H groups in total. The van der Waals surface area contributed by atoms with Gasteiger partial charge >= 0.3 is 0 Å². The quantitative estimate of drug-likeness (QED) is 0.646. The number of unbranched alkanes of at least 4 members (excludes halogenated alkanes) is 1. The van der Waals surface area contributed by atoms with E-state index in [1.54, 1.807) is 0 Å². The van der Waals surface area contributed by atoms with E-state index in [-0.39, 0.29) is 11.6 Å². The fourth-order valence-electron chi connectivity index (χ4n) is 0.644. The molecule has 0 unspecified atom stereocenters. The van der Waals surface area contributed by atoms with E-state index in [1.807, 2.05) is 0 Å². The van der Waals surface area contributed by atoms with E-state index in [0.29, 0.717) is 0 Å². The van der Waals surface area contributed by atoms with E-state index in [9.17, 15) is 9.59 Å². The molecule has 0 radical (unpaired) electrons. The van der Waals surface area contributed by atoms with Crippen molar-refractivity contribution < 1.29 is 9.59 Å². The van der Waals surface area contributed by atoms with E-state index in [4.69, 9.17) is 5.73 Å². The van der Waals surface area contributed by atoms with Crippen LogP contribution in [-0.2, 0) is 9.59 Å². The highest BCUT2D eigenvalue weighted by molar-refractivity contribution is 6.14. The molecule has 72 valence electrons. The molecule has 0 atom stereocenters. The molecule has 0 amide bonds. The van der Waals surface area contributed by atoms with Crippen molar-refractivity contribution in [2.24, 2.45) is 5.73 Å². The first-order valence-corrected chi connectivity index (χ1v) is 4.34. The van der Waals surface area contributed by atoms with Crippen molar-refractivity contribution in [3.8, 4) is 0 Å². The second-order valence-corrected chi connectivity index (χ2v) is 2.61. The fourth-order valence-corrected chi connectivity index (χ4v) is 0.644. The summed E-state index contributed by atoms with van der Waals surface area (Å²) in [4.78, 5) is 20.6. The van der Waals surface area contributed by atoms with Gasteiger partial charge in [-0.3, -0.25) is 9.59 Å². The third-order valence-electron chi connectivity index (χ3n) is 1.38. The topological polar surface area (TPSA) is 60.2 Å². The van der Waals surface area contributed by atoms with Crippen LogP contribution in [0.3, 0.4) is 0 Å². The van der Waals surface area contributed by atoms with Gasteiger partial charge in [0.15, 0.2) is 11.6 Å². The lowest BCUT2D eigenvalue weighted by molar-refractivity contribution is -0.113. The van der Waals surface area contributed by atoms with Gasteiger partial charge < -0.3 is 5.73 Å². The summed E-state index contributed by atoms with van der Waals surface area (Å²) in [5.41, 5.74) is 5.14. The Morgan fingerprint density at radius 1 is 1.08 bits per heavy atom. The van der Waals surface area contributed by atoms with Gasteiger partial charge in [-0.25, -0.2) is 0 Å². The highest BCUT2D eigenvalue weighted by Gasteiger charge is 1.97. The van der Waals surface area contributed by atoms with E-state index in [2.05, 4.69) is 6.92 Å². The first-order chi connectivity index (χ1) is 6.20. The average Bonchev–Trinajstić information content (AvgIpc) is 2.13. The summed E-state index contributed by atoms with van der Waals surface area (Å²) in [5, 5.41) is 0. The Labute approximate surface area is 78.3 Å². The monoisotopic (exact) mass is 181 g/mol. The number of hydrogen-bond donors (Lipinski definition) is 1. The summed E-state index contributed by atoms with van der Waals surface area (Å²) < 4.78 is 0. The standard InChI is InChI=1S/C6H4O2.C4H11N/c7-5-1-2-6(8)4-3-5;1-2-3-4-5/h1-4H;2-5H2,1H3. The van der Waals surface area contributed by atoms with Gasteiger partial charge in [-0.05, 0) is 37.3 Å². The van der Waals surface area contributed by atoms with Crippen LogP contribution in [0, 0.1) is 0 Å². The molecule has 0 saturated heterocycles. The van der Waals surface area contributed by atoms with Crippen molar-refractivity contribution >= 4 is 11.6 Å². The van der Waals surface area contributed by atoms with Crippen molar-refractivity contribution in [3.63, 3.8) is 0 Å². The summed E-state index contributed by atoms with van der Waals surface area (Å²) in [5.74, 6) is -0.241. The third-order valence-corrected chi connectivity index (χ3v) is 1.38. The Morgan fingerprint density at radius 3 is 1.62 bits per heavy atom. The molecule has 0 aromatic carbocycles. The van der Waals surface area contributed by atoms with Crippen LogP contribution in [0.4, 0.5) is 0 Å². The molecule has 0 aromatic rings. The van der Waals surface area contributed by atoms with E-state index in [1.165, 1.54) is 37.1 Å². The van der Waals surface area contributed by atoms with Gasteiger partial charge in [0, 0.05) is 0 Å². The zero-order chi connectivity index (χ0) is 10.1. The predicted molar refractivity (Wildman–Crippen MR) is 52.3 cm³/mol. The Balaban J connectivity index is 0.000000252. The van der Waals surface area contributed by atoms with E-state index in [0.717, 1.165) is 6.54 Å². The minimum atomic E-state index is -0.121. The van der Waals surface area contributed by atoms with Gasteiger partial charge in [0.1, 0.15) is 0 Å². The van der Waals surface area contributed by atoms with Crippen LogP contribution >= 0.6 is 0 Å². The Hall–Kier alpha value is -1.22. The Bertz CT molecular complexity index is 189. The Kier molecular flexibility index (Phi) is 6.73. The van der Waals surface area contributed by atoms with Gasteiger partial charge in [0.05, 0.1) is 0 Å². The predicted octanol–water partition coefficient (Wildman–Crippen LogP) is 0.996. The van der Waals surface area contributed by atoms with Crippen LogP contribution in [0.25, 0.3) is 0 Å². The largest absolute Gasteiger partial charge is 0.330 e. The zero-order valence-electron chi connectivity index (χ0n) is 7.82. The maximum Gasteiger partial charge on any atom is 0.178 e. The highest BCUT2D eigenvalue weighted by atomic mass is 16.1.